The van der Waals surface area contributed by atoms with Crippen molar-refractivity contribution in [2.24, 2.45) is 22.7 Å². The van der Waals surface area contributed by atoms with Crippen LogP contribution in [-0.4, -0.2) is 50.4 Å². The Bertz CT molecular complexity index is 789. The van der Waals surface area contributed by atoms with Crippen molar-refractivity contribution in [2.75, 3.05) is 0 Å². The van der Waals surface area contributed by atoms with Crippen molar-refractivity contribution in [1.82, 2.24) is 0 Å². The van der Waals surface area contributed by atoms with Crippen LogP contribution < -0.4 is 0 Å². The summed E-state index contributed by atoms with van der Waals surface area (Å²) in [5, 5.41) is 32.7. The van der Waals surface area contributed by atoms with E-state index in [-0.39, 0.29) is 18.6 Å². The average molecular weight is 378 g/mol. The number of carbonyl (C=O) groups excluding carboxylic acids is 2. The molecule has 3 fully saturated rings. The summed E-state index contributed by atoms with van der Waals surface area (Å²) >= 11 is 0. The Labute approximate surface area is 158 Å². The van der Waals surface area contributed by atoms with Gasteiger partial charge in [0.1, 0.15) is 0 Å². The van der Waals surface area contributed by atoms with Gasteiger partial charge < -0.3 is 15.3 Å². The molecule has 4 rings (SSSR count). The van der Waals surface area contributed by atoms with E-state index in [9.17, 15) is 24.9 Å². The lowest BCUT2D eigenvalue weighted by Gasteiger charge is -2.62. The van der Waals surface area contributed by atoms with E-state index in [1.54, 1.807) is 19.9 Å². The third-order valence-corrected chi connectivity index (χ3v) is 8.40. The Balaban J connectivity index is 1.85. The van der Waals surface area contributed by atoms with Gasteiger partial charge in [0.05, 0.1) is 12.2 Å². The number of carbonyl (C=O) groups is 2. The molecule has 0 aromatic heterocycles. The smallest absolute Gasteiger partial charge is 0.178 e. The molecule has 0 saturated heterocycles. The summed E-state index contributed by atoms with van der Waals surface area (Å²) in [6.45, 7) is 4.63. The zero-order valence-electron chi connectivity index (χ0n) is 15.9. The Hall–Kier alpha value is -1.37. The second-order valence-corrected chi connectivity index (χ2v) is 9.34. The molecule has 3 N–H and O–H groups in total. The zero-order valence-corrected chi connectivity index (χ0v) is 15.9. The number of allylic oxidation sites excluding steroid dienone is 4. The topological polar surface area (TPSA) is 94.8 Å². The summed E-state index contributed by atoms with van der Waals surface area (Å²) < 4.78 is 16.7. The molecule has 0 radical (unpaired) electrons. The van der Waals surface area contributed by atoms with Crippen LogP contribution in [0.25, 0.3) is 0 Å². The van der Waals surface area contributed by atoms with Crippen LogP contribution in [0.1, 0.15) is 46.5 Å². The zero-order chi connectivity index (χ0) is 20.0. The third kappa shape index (κ3) is 1.94. The van der Waals surface area contributed by atoms with E-state index < -0.39 is 51.9 Å². The van der Waals surface area contributed by atoms with Crippen LogP contribution >= 0.6 is 0 Å². The minimum atomic E-state index is -2.03. The van der Waals surface area contributed by atoms with Gasteiger partial charge in [-0.25, -0.2) is 4.39 Å². The molecule has 6 heteroatoms. The van der Waals surface area contributed by atoms with Crippen LogP contribution in [-0.2, 0) is 9.59 Å². The molecule has 148 valence electrons. The largest absolute Gasteiger partial charge is 0.390 e. The van der Waals surface area contributed by atoms with E-state index >= 15 is 4.39 Å². The fourth-order valence-electron chi connectivity index (χ4n) is 6.86. The Morgan fingerprint density at radius 2 is 1.89 bits per heavy atom. The molecular weight excluding hydrogens is 351 g/mol. The summed E-state index contributed by atoms with van der Waals surface area (Å²) in [4.78, 5) is 24.1. The molecule has 1 unspecified atom stereocenters. The summed E-state index contributed by atoms with van der Waals surface area (Å²) in [7, 11) is 0. The van der Waals surface area contributed by atoms with Gasteiger partial charge in [-0.05, 0) is 57.6 Å². The summed E-state index contributed by atoms with van der Waals surface area (Å²) in [5.74, 6) is -1.81. The maximum atomic E-state index is 16.7. The quantitative estimate of drug-likeness (QED) is 0.645. The number of ketones is 2. The molecule has 3 saturated carbocycles. The number of fused-ring (bicyclic) bond motifs is 5. The van der Waals surface area contributed by atoms with E-state index in [1.807, 2.05) is 0 Å². The molecular formula is C21H27FO5. The van der Waals surface area contributed by atoms with E-state index in [2.05, 4.69) is 0 Å². The predicted octanol–water partition coefficient (Wildman–Crippen LogP) is 1.65. The molecule has 0 spiro atoms. The highest BCUT2D eigenvalue weighted by Gasteiger charge is 2.75. The van der Waals surface area contributed by atoms with Gasteiger partial charge in [-0.15, -0.1) is 0 Å². The van der Waals surface area contributed by atoms with E-state index in [0.717, 1.165) is 0 Å². The molecule has 0 aromatic rings. The lowest BCUT2D eigenvalue weighted by molar-refractivity contribution is -0.220. The minimum absolute atomic E-state index is 0.118. The van der Waals surface area contributed by atoms with Crippen LogP contribution in [0.2, 0.25) is 0 Å². The number of halogens is 1. The van der Waals surface area contributed by atoms with Gasteiger partial charge in [0.25, 0.3) is 0 Å². The monoisotopic (exact) mass is 378 g/mol. The van der Waals surface area contributed by atoms with Crippen LogP contribution in [0.4, 0.5) is 4.39 Å². The molecule has 5 nitrogen and oxygen atoms in total. The second kappa shape index (κ2) is 5.37. The van der Waals surface area contributed by atoms with Crippen molar-refractivity contribution in [1.29, 1.82) is 0 Å². The van der Waals surface area contributed by atoms with Gasteiger partial charge >= 0.3 is 0 Å². The fourth-order valence-corrected chi connectivity index (χ4v) is 6.86. The minimum Gasteiger partial charge on any atom is -0.390 e. The van der Waals surface area contributed by atoms with E-state index in [1.165, 1.54) is 19.1 Å². The SMILES string of the molecule is CC(=O)[C@@]1(O)[C@H](O)C[C@H]2[C@@H]3CCC4=CC(=O)C=C[C@]4(C)C3(F)[C@@H](O)C[C@@]21C. The van der Waals surface area contributed by atoms with E-state index in [4.69, 9.17) is 0 Å². The number of aliphatic hydroxyl groups excluding tert-OH is 2. The first-order valence-electron chi connectivity index (χ1n) is 9.65. The average Bonchev–Trinajstić information content (AvgIpc) is 2.79. The molecule has 0 heterocycles. The van der Waals surface area contributed by atoms with Crippen molar-refractivity contribution < 1.29 is 29.3 Å². The Morgan fingerprint density at radius 3 is 2.52 bits per heavy atom. The predicted molar refractivity (Wildman–Crippen MR) is 95.4 cm³/mol. The number of hydrogen-bond acceptors (Lipinski definition) is 5. The fraction of sp³-hybridized carbons (Fsp3) is 0.714. The number of Topliss-reactive ketones (excluding diaryl/α,β-unsaturated/α-hetero) is 1. The van der Waals surface area contributed by atoms with Crippen LogP contribution in [0.3, 0.4) is 0 Å². The van der Waals surface area contributed by atoms with E-state index in [0.29, 0.717) is 18.4 Å². The first-order chi connectivity index (χ1) is 12.4. The van der Waals surface area contributed by atoms with Gasteiger partial charge in [-0.2, -0.15) is 0 Å². The molecule has 4 aliphatic carbocycles. The first kappa shape index (κ1) is 19.0. The summed E-state index contributed by atoms with van der Waals surface area (Å²) in [6.07, 6.45) is 2.57. The van der Waals surface area contributed by atoms with Crippen molar-refractivity contribution in [2.45, 2.75) is 69.9 Å². The molecule has 27 heavy (non-hydrogen) atoms. The van der Waals surface area contributed by atoms with Crippen LogP contribution in [0.5, 0.6) is 0 Å². The first-order valence-corrected chi connectivity index (χ1v) is 9.65. The lowest BCUT2D eigenvalue weighted by Crippen LogP contribution is -2.69. The Morgan fingerprint density at radius 1 is 1.22 bits per heavy atom. The maximum absolute atomic E-state index is 16.7. The molecule has 0 amide bonds. The van der Waals surface area contributed by atoms with Crippen molar-refractivity contribution in [3.05, 3.63) is 23.8 Å². The highest BCUT2D eigenvalue weighted by atomic mass is 19.1. The lowest BCUT2D eigenvalue weighted by atomic mass is 9.44. The molecule has 0 aliphatic heterocycles. The van der Waals surface area contributed by atoms with Crippen LogP contribution in [0, 0.1) is 22.7 Å². The number of aliphatic hydroxyl groups is 3. The van der Waals surface area contributed by atoms with Crippen molar-refractivity contribution >= 4 is 11.6 Å². The number of rotatable bonds is 1. The standard InChI is InChI=1S/C21H27FO5/c1-11(23)21(27)16(25)9-15-14-5-4-12-8-13(24)6-7-18(12,2)20(14,22)17(26)10-19(15,21)3/h6-8,14-17,25-27H,4-5,9-10H2,1-3H3/t14-,15-,16+,17-,18-,19-,20?,21+/m0/s1. The van der Waals surface area contributed by atoms with Gasteiger partial charge in [0.2, 0.25) is 0 Å². The summed E-state index contributed by atoms with van der Waals surface area (Å²) in [6, 6.07) is 0. The molecule has 4 aliphatic rings. The highest BCUT2D eigenvalue weighted by molar-refractivity contribution is 6.01. The van der Waals surface area contributed by atoms with Gasteiger partial charge in [-0.3, -0.25) is 9.59 Å². The molecule has 8 atom stereocenters. The molecule has 0 bridgehead atoms. The van der Waals surface area contributed by atoms with Gasteiger partial charge in [0, 0.05) is 16.7 Å². The summed E-state index contributed by atoms with van der Waals surface area (Å²) in [5.41, 5.74) is -5.57. The third-order valence-electron chi connectivity index (χ3n) is 8.40. The van der Waals surface area contributed by atoms with Gasteiger partial charge in [0.15, 0.2) is 22.8 Å². The second-order valence-electron chi connectivity index (χ2n) is 9.34. The highest BCUT2D eigenvalue weighted by Crippen LogP contribution is 2.69. The van der Waals surface area contributed by atoms with Crippen LogP contribution in [0.15, 0.2) is 23.8 Å². The number of hydrogen-bond donors (Lipinski definition) is 3. The molecule has 0 aromatic carbocycles. The number of alkyl halides is 1. The normalized spacial score (nSPS) is 54.0. The van der Waals surface area contributed by atoms with Crippen molar-refractivity contribution in [3.8, 4) is 0 Å². The maximum Gasteiger partial charge on any atom is 0.178 e. The van der Waals surface area contributed by atoms with Crippen molar-refractivity contribution in [3.63, 3.8) is 0 Å². The van der Waals surface area contributed by atoms with Gasteiger partial charge in [-0.1, -0.05) is 18.6 Å². The Kier molecular flexibility index (Phi) is 3.77.